The third kappa shape index (κ3) is 6.68. The van der Waals surface area contributed by atoms with Crippen molar-refractivity contribution in [2.24, 2.45) is 0 Å². The number of nitrogens with one attached hydrogen (secondary N) is 2. The monoisotopic (exact) mass is 793 g/mol. The van der Waals surface area contributed by atoms with Gasteiger partial charge in [-0.15, -0.1) is 0 Å². The fourth-order valence-electron chi connectivity index (χ4n) is 8.65. The smallest absolute Gasteiger partial charge is 0.160 e. The van der Waals surface area contributed by atoms with E-state index in [0.717, 1.165) is 89.6 Å². The Labute approximate surface area is 360 Å². The minimum atomic E-state index is 0.434. The van der Waals surface area contributed by atoms with Gasteiger partial charge in [0.05, 0.1) is 33.8 Å². The minimum absolute atomic E-state index is 0.434. The van der Waals surface area contributed by atoms with Crippen molar-refractivity contribution in [2.45, 2.75) is 0 Å². The molecule has 1 aliphatic rings. The van der Waals surface area contributed by atoms with E-state index in [1.165, 1.54) is 10.8 Å². The molecule has 0 aliphatic carbocycles. The molecule has 3 heterocycles. The molecule has 0 atom stereocenters. The van der Waals surface area contributed by atoms with E-state index >= 15 is 0 Å². The van der Waals surface area contributed by atoms with Crippen molar-refractivity contribution in [3.63, 3.8) is 0 Å². The highest BCUT2D eigenvalue weighted by molar-refractivity contribution is 6.36. The normalized spacial score (nSPS) is 13.0. The lowest BCUT2D eigenvalue weighted by atomic mass is 9.87. The lowest BCUT2D eigenvalue weighted by molar-refractivity contribution is 1.16. The summed E-state index contributed by atoms with van der Waals surface area (Å²) in [7, 11) is 0. The van der Waals surface area contributed by atoms with Crippen LogP contribution in [0, 0.1) is 5.41 Å². The molecule has 0 bridgehead atoms. The van der Waals surface area contributed by atoms with Crippen LogP contribution in [-0.2, 0) is 0 Å². The summed E-state index contributed by atoms with van der Waals surface area (Å²) in [5.41, 5.74) is 16.0. The first kappa shape index (κ1) is 36.7. The SMILES string of the molecule is N=C(/C(=C1\NC(c2ccccc2)=Cc2ccccc21)c1ccc(-c2cc(-c3cccc(-n4c5ccccc5c5ccccc54)c3)nc(-c3ccccc3)n2)cc1)c1ccccc1. The maximum atomic E-state index is 9.76. The van der Waals surface area contributed by atoms with Gasteiger partial charge in [0.25, 0.3) is 0 Å². The van der Waals surface area contributed by atoms with Gasteiger partial charge in [-0.1, -0.05) is 188 Å². The maximum absolute atomic E-state index is 9.76. The van der Waals surface area contributed by atoms with E-state index in [2.05, 4.69) is 180 Å². The van der Waals surface area contributed by atoms with Gasteiger partial charge >= 0.3 is 0 Å². The minimum Gasteiger partial charge on any atom is -0.354 e. The first-order chi connectivity index (χ1) is 30.7. The molecule has 0 radical (unpaired) electrons. The van der Waals surface area contributed by atoms with Gasteiger partial charge in [0.1, 0.15) is 0 Å². The number of rotatable bonds is 8. The Morgan fingerprint density at radius 2 is 1.02 bits per heavy atom. The molecule has 0 saturated carbocycles. The van der Waals surface area contributed by atoms with Crippen molar-refractivity contribution in [3.8, 4) is 39.6 Å². The number of hydrogen-bond donors (Lipinski definition) is 2. The van der Waals surface area contributed by atoms with Gasteiger partial charge in [0, 0.05) is 55.5 Å². The first-order valence-corrected chi connectivity index (χ1v) is 20.8. The highest BCUT2D eigenvalue weighted by Gasteiger charge is 2.24. The van der Waals surface area contributed by atoms with Gasteiger partial charge in [-0.25, -0.2) is 9.97 Å². The molecule has 2 N–H and O–H groups in total. The van der Waals surface area contributed by atoms with Gasteiger partial charge in [0.15, 0.2) is 5.82 Å². The zero-order chi connectivity index (χ0) is 41.4. The zero-order valence-corrected chi connectivity index (χ0v) is 33.7. The number of allylic oxidation sites excluding steroid dienone is 1. The average molecular weight is 794 g/mol. The van der Waals surface area contributed by atoms with Crippen molar-refractivity contribution >= 4 is 50.6 Å². The molecular formula is C57H39N5. The van der Waals surface area contributed by atoms with Crippen LogP contribution in [0.5, 0.6) is 0 Å². The van der Waals surface area contributed by atoms with Crippen LogP contribution in [0.1, 0.15) is 27.8 Å². The summed E-state index contributed by atoms with van der Waals surface area (Å²) in [5, 5.41) is 16.0. The fourth-order valence-corrected chi connectivity index (χ4v) is 8.65. The molecule has 10 aromatic rings. The predicted octanol–water partition coefficient (Wildman–Crippen LogP) is 13.6. The Morgan fingerprint density at radius 1 is 0.452 bits per heavy atom. The van der Waals surface area contributed by atoms with Crippen molar-refractivity contribution in [1.29, 1.82) is 5.41 Å². The second-order valence-electron chi connectivity index (χ2n) is 15.5. The molecule has 0 fully saturated rings. The molecule has 292 valence electrons. The topological polar surface area (TPSA) is 66.6 Å². The third-order valence-electron chi connectivity index (χ3n) is 11.6. The van der Waals surface area contributed by atoms with E-state index in [0.29, 0.717) is 11.5 Å². The van der Waals surface area contributed by atoms with E-state index in [-0.39, 0.29) is 0 Å². The Morgan fingerprint density at radius 3 is 1.71 bits per heavy atom. The number of benzene rings is 8. The molecule has 0 saturated heterocycles. The van der Waals surface area contributed by atoms with Crippen LogP contribution in [0.4, 0.5) is 0 Å². The Hall–Kier alpha value is -8.41. The summed E-state index contributed by atoms with van der Waals surface area (Å²) in [6, 6.07) is 75.3. The Kier molecular flexibility index (Phi) is 9.25. The highest BCUT2D eigenvalue weighted by Crippen LogP contribution is 2.38. The maximum Gasteiger partial charge on any atom is 0.160 e. The van der Waals surface area contributed by atoms with Gasteiger partial charge in [0.2, 0.25) is 0 Å². The molecular weight excluding hydrogens is 755 g/mol. The van der Waals surface area contributed by atoms with E-state index in [9.17, 15) is 5.41 Å². The molecule has 5 heteroatoms. The van der Waals surface area contributed by atoms with Crippen LogP contribution in [0.2, 0.25) is 0 Å². The molecule has 0 unspecified atom stereocenters. The molecule has 1 aliphatic heterocycles. The lowest BCUT2D eigenvalue weighted by Gasteiger charge is -2.26. The molecule has 8 aromatic carbocycles. The summed E-state index contributed by atoms with van der Waals surface area (Å²) < 4.78 is 2.34. The molecule has 11 rings (SSSR count). The Balaban J connectivity index is 1.04. The molecule has 0 amide bonds. The van der Waals surface area contributed by atoms with Crippen LogP contribution in [0.25, 0.3) is 84.4 Å². The second kappa shape index (κ2) is 15.6. The highest BCUT2D eigenvalue weighted by atomic mass is 15.0. The average Bonchev–Trinajstić information content (AvgIpc) is 3.69. The Bertz CT molecular complexity index is 3310. The predicted molar refractivity (Wildman–Crippen MR) is 257 cm³/mol. The van der Waals surface area contributed by atoms with Gasteiger partial charge in [-0.2, -0.15) is 0 Å². The third-order valence-corrected chi connectivity index (χ3v) is 11.6. The quantitative estimate of drug-likeness (QED) is 0.151. The summed E-state index contributed by atoms with van der Waals surface area (Å²) in [4.78, 5) is 10.4. The largest absolute Gasteiger partial charge is 0.354 e. The fraction of sp³-hybridized carbons (Fsp3) is 0. The zero-order valence-electron chi connectivity index (χ0n) is 33.7. The van der Waals surface area contributed by atoms with E-state index in [1.54, 1.807) is 0 Å². The van der Waals surface area contributed by atoms with Gasteiger partial charge in [-0.05, 0) is 53.1 Å². The van der Waals surface area contributed by atoms with Crippen molar-refractivity contribution < 1.29 is 0 Å². The standard InChI is InChI=1S/C57H39N5/c58-55(41-19-6-2-7-20-41)54(56-46-26-11-10-23-43(46)36-49(59-56)38-17-4-1-5-18-38)40-33-31-39(32-34-40)50-37-51(61-57(60-50)42-21-8-3-9-22-42)44-24-16-25-45(35-44)62-52-29-14-12-27-47(52)48-28-13-15-30-53(48)62/h1-37,58-59H/b56-54-,58-55?. The molecule has 2 aromatic heterocycles. The van der Waals surface area contributed by atoms with Crippen LogP contribution in [0.15, 0.2) is 218 Å². The number of nitrogens with zero attached hydrogens (tertiary/aromatic N) is 3. The van der Waals surface area contributed by atoms with Crippen molar-refractivity contribution in [2.75, 3.05) is 0 Å². The number of para-hydroxylation sites is 2. The first-order valence-electron chi connectivity index (χ1n) is 20.8. The molecule has 62 heavy (non-hydrogen) atoms. The van der Waals surface area contributed by atoms with Crippen LogP contribution in [-0.4, -0.2) is 20.2 Å². The second-order valence-corrected chi connectivity index (χ2v) is 15.5. The van der Waals surface area contributed by atoms with E-state index in [4.69, 9.17) is 9.97 Å². The van der Waals surface area contributed by atoms with Gasteiger partial charge in [-0.3, -0.25) is 5.41 Å². The lowest BCUT2D eigenvalue weighted by Crippen LogP contribution is -2.20. The summed E-state index contributed by atoms with van der Waals surface area (Å²) in [5.74, 6) is 0.654. The number of aromatic nitrogens is 3. The number of hydrogen-bond acceptors (Lipinski definition) is 4. The van der Waals surface area contributed by atoms with E-state index < -0.39 is 0 Å². The summed E-state index contributed by atoms with van der Waals surface area (Å²) in [6.45, 7) is 0. The van der Waals surface area contributed by atoms with Crippen molar-refractivity contribution in [1.82, 2.24) is 19.9 Å². The molecule has 0 spiro atoms. The van der Waals surface area contributed by atoms with E-state index in [1.807, 2.05) is 54.6 Å². The van der Waals surface area contributed by atoms with Gasteiger partial charge < -0.3 is 9.88 Å². The summed E-state index contributed by atoms with van der Waals surface area (Å²) in [6.07, 6.45) is 2.19. The van der Waals surface area contributed by atoms with Crippen LogP contribution >= 0.6 is 0 Å². The molecule has 5 nitrogen and oxygen atoms in total. The van der Waals surface area contributed by atoms with Crippen LogP contribution in [0.3, 0.4) is 0 Å². The number of fused-ring (bicyclic) bond motifs is 4. The van der Waals surface area contributed by atoms with Crippen LogP contribution < -0.4 is 5.32 Å². The summed E-state index contributed by atoms with van der Waals surface area (Å²) >= 11 is 0. The van der Waals surface area contributed by atoms with Crippen molar-refractivity contribution in [3.05, 3.63) is 246 Å².